The molecule has 2 rings (SSSR count). The Hall–Kier alpha value is -4.46. The number of esters is 3. The summed E-state index contributed by atoms with van der Waals surface area (Å²) in [6, 6.07) is -0.917. The molecule has 1 unspecified atom stereocenters. The van der Waals surface area contributed by atoms with Gasteiger partial charge in [-0.3, -0.25) is 62.9 Å². The van der Waals surface area contributed by atoms with Gasteiger partial charge in [0.15, 0.2) is 0 Å². The molecule has 2 aliphatic rings. The van der Waals surface area contributed by atoms with Gasteiger partial charge in [0.05, 0.1) is 32.7 Å². The highest BCUT2D eigenvalue weighted by molar-refractivity contribution is 6.12. The lowest BCUT2D eigenvalue weighted by Gasteiger charge is -2.29. The standard InChI is InChI=1S/C33H54N8O11/c1-7-23(4)31(32(49)34-12-13-41-26(44)10-11-27(41)45)36-24(42)18-35-25(43)19-40-15-14-38(6)21-29(47)51-33(50-28(46)20-37(5)8-2)52-30(48)22-39(9-3)16-17-40/h10-11,23,31,33H,7-9,12-22H2,1-6H3,(H,34,49)(H,35,43)(H,36,42)/t23-,31-,33?/m0/s1. The lowest BCUT2D eigenvalue weighted by Crippen LogP contribution is -2.53. The predicted octanol–water partition coefficient (Wildman–Crippen LogP) is -2.89. The second kappa shape index (κ2) is 22.5. The van der Waals surface area contributed by atoms with Crippen LogP contribution in [0.25, 0.3) is 0 Å². The summed E-state index contributed by atoms with van der Waals surface area (Å²) in [5.41, 5.74) is 0. The molecular formula is C33H54N8O11. The molecule has 0 aromatic rings. The number of carbonyl (C=O) groups excluding carboxylic acids is 8. The van der Waals surface area contributed by atoms with Gasteiger partial charge in [-0.15, -0.1) is 0 Å². The number of cyclic esters (lactones) is 2. The van der Waals surface area contributed by atoms with Crippen LogP contribution in [0.4, 0.5) is 0 Å². The molecule has 0 bridgehead atoms. The average Bonchev–Trinajstić information content (AvgIpc) is 3.41. The van der Waals surface area contributed by atoms with E-state index in [1.54, 1.807) is 35.7 Å². The van der Waals surface area contributed by atoms with Crippen LogP contribution in [-0.4, -0.2) is 184 Å². The zero-order valence-electron chi connectivity index (χ0n) is 31.0. The van der Waals surface area contributed by atoms with E-state index < -0.39 is 66.5 Å². The van der Waals surface area contributed by atoms with Crippen molar-refractivity contribution in [3.05, 3.63) is 12.2 Å². The van der Waals surface area contributed by atoms with Crippen LogP contribution in [0.1, 0.15) is 34.1 Å². The van der Waals surface area contributed by atoms with Crippen molar-refractivity contribution in [1.29, 1.82) is 0 Å². The number of carbonyl (C=O) groups is 8. The Bertz CT molecular complexity index is 1290. The average molecular weight is 739 g/mol. The van der Waals surface area contributed by atoms with Crippen LogP contribution >= 0.6 is 0 Å². The van der Waals surface area contributed by atoms with Gasteiger partial charge in [0.25, 0.3) is 11.8 Å². The van der Waals surface area contributed by atoms with Crippen LogP contribution in [-0.2, 0) is 52.6 Å². The summed E-state index contributed by atoms with van der Waals surface area (Å²) in [5.74, 6) is -5.02. The number of nitrogens with one attached hydrogen (secondary N) is 3. The lowest BCUT2D eigenvalue weighted by molar-refractivity contribution is -0.258. The van der Waals surface area contributed by atoms with Crippen molar-refractivity contribution in [3.8, 4) is 0 Å². The molecule has 1 fully saturated rings. The van der Waals surface area contributed by atoms with Crippen molar-refractivity contribution in [2.45, 2.75) is 46.6 Å². The molecule has 292 valence electrons. The number of likely N-dealkylation sites (N-methyl/N-ethyl adjacent to an activating group) is 3. The first-order valence-electron chi connectivity index (χ1n) is 17.4. The molecule has 52 heavy (non-hydrogen) atoms. The Morgan fingerprint density at radius 1 is 0.904 bits per heavy atom. The van der Waals surface area contributed by atoms with Crippen LogP contribution in [0.15, 0.2) is 12.2 Å². The number of hydrogen-bond acceptors (Lipinski definition) is 15. The molecule has 3 atom stereocenters. The highest BCUT2D eigenvalue weighted by atomic mass is 16.9. The number of rotatable bonds is 16. The van der Waals surface area contributed by atoms with E-state index in [0.29, 0.717) is 45.7 Å². The fourth-order valence-corrected chi connectivity index (χ4v) is 4.95. The van der Waals surface area contributed by atoms with E-state index in [-0.39, 0.29) is 45.2 Å². The van der Waals surface area contributed by atoms with Crippen molar-refractivity contribution in [2.75, 3.05) is 99.2 Å². The molecule has 0 aromatic heterocycles. The summed E-state index contributed by atoms with van der Waals surface area (Å²) in [7, 11) is 3.36. The van der Waals surface area contributed by atoms with Crippen LogP contribution in [0.5, 0.6) is 0 Å². The van der Waals surface area contributed by atoms with Gasteiger partial charge in [-0.25, -0.2) is 0 Å². The summed E-state index contributed by atoms with van der Waals surface area (Å²) in [4.78, 5) is 108. The Morgan fingerprint density at radius 3 is 2.13 bits per heavy atom. The van der Waals surface area contributed by atoms with E-state index in [0.717, 1.165) is 17.1 Å². The minimum Gasteiger partial charge on any atom is -0.389 e. The molecule has 3 N–H and O–H groups in total. The van der Waals surface area contributed by atoms with E-state index in [9.17, 15) is 38.4 Å². The highest BCUT2D eigenvalue weighted by Gasteiger charge is 2.29. The maximum Gasteiger partial charge on any atom is 0.412 e. The van der Waals surface area contributed by atoms with E-state index in [1.165, 1.54) is 0 Å². The monoisotopic (exact) mass is 738 g/mol. The van der Waals surface area contributed by atoms with Gasteiger partial charge >= 0.3 is 24.4 Å². The van der Waals surface area contributed by atoms with Gasteiger partial charge in [-0.05, 0) is 33.1 Å². The molecular weight excluding hydrogens is 684 g/mol. The third-order valence-corrected chi connectivity index (χ3v) is 8.51. The number of hydrogen-bond donors (Lipinski definition) is 3. The van der Waals surface area contributed by atoms with Gasteiger partial charge in [0, 0.05) is 51.4 Å². The summed E-state index contributed by atoms with van der Waals surface area (Å²) >= 11 is 0. The topological polar surface area (TPSA) is 217 Å². The van der Waals surface area contributed by atoms with E-state index in [1.807, 2.05) is 25.7 Å². The molecule has 0 aromatic carbocycles. The van der Waals surface area contributed by atoms with Crippen LogP contribution in [0.2, 0.25) is 0 Å². The minimum atomic E-state index is -1.84. The Kier molecular flexibility index (Phi) is 18.9. The Morgan fingerprint density at radius 2 is 1.52 bits per heavy atom. The first-order chi connectivity index (χ1) is 24.6. The quantitative estimate of drug-likeness (QED) is 0.107. The summed E-state index contributed by atoms with van der Waals surface area (Å²) in [6.07, 6.45) is 2.87. The van der Waals surface area contributed by atoms with E-state index in [2.05, 4.69) is 16.0 Å². The van der Waals surface area contributed by atoms with Gasteiger partial charge in [-0.2, -0.15) is 0 Å². The number of ether oxygens (including phenoxy) is 3. The maximum atomic E-state index is 13.0. The number of nitrogens with zero attached hydrogens (tertiary/aromatic N) is 5. The fourth-order valence-electron chi connectivity index (χ4n) is 4.95. The molecule has 0 spiro atoms. The van der Waals surface area contributed by atoms with Crippen molar-refractivity contribution < 1.29 is 52.6 Å². The molecule has 0 aliphatic carbocycles. The highest BCUT2D eigenvalue weighted by Crippen LogP contribution is 2.09. The van der Waals surface area contributed by atoms with Crippen LogP contribution in [0, 0.1) is 5.92 Å². The van der Waals surface area contributed by atoms with Gasteiger partial charge in [-0.1, -0.05) is 34.1 Å². The number of imide groups is 1. The summed E-state index contributed by atoms with van der Waals surface area (Å²) in [6.45, 7) is 6.86. The van der Waals surface area contributed by atoms with Crippen molar-refractivity contribution in [1.82, 2.24) is 40.4 Å². The predicted molar refractivity (Wildman–Crippen MR) is 185 cm³/mol. The SMILES string of the molecule is CC[C@H](C)[C@H](NC(=O)CNC(=O)CN1CCN(C)CC(=O)OC(OC(=O)CN(C)CC)OC(=O)CN(CC)CC1)C(=O)NCCN1C(=O)C=CC1=O. The first kappa shape index (κ1) is 43.7. The zero-order chi connectivity index (χ0) is 38.8. The van der Waals surface area contributed by atoms with Crippen molar-refractivity contribution in [2.24, 2.45) is 5.92 Å². The zero-order valence-corrected chi connectivity index (χ0v) is 31.0. The third kappa shape index (κ3) is 15.8. The molecule has 1 saturated heterocycles. The van der Waals surface area contributed by atoms with Gasteiger partial charge in [0.2, 0.25) is 17.7 Å². The van der Waals surface area contributed by atoms with Crippen molar-refractivity contribution >= 4 is 47.4 Å². The Balaban J connectivity index is 1.95. The first-order valence-corrected chi connectivity index (χ1v) is 17.4. The van der Waals surface area contributed by atoms with Gasteiger partial charge < -0.3 is 30.2 Å². The summed E-state index contributed by atoms with van der Waals surface area (Å²) < 4.78 is 15.5. The molecule has 2 aliphatic heterocycles. The second-order valence-corrected chi connectivity index (χ2v) is 12.6. The third-order valence-electron chi connectivity index (χ3n) is 8.51. The normalized spacial score (nSPS) is 19.8. The molecule has 5 amide bonds. The minimum absolute atomic E-state index is 0.00740. The maximum absolute atomic E-state index is 13.0. The Labute approximate surface area is 304 Å². The largest absolute Gasteiger partial charge is 0.412 e. The smallest absolute Gasteiger partial charge is 0.389 e. The second-order valence-electron chi connectivity index (χ2n) is 12.6. The molecule has 0 radical (unpaired) electrons. The van der Waals surface area contributed by atoms with Crippen LogP contribution in [0.3, 0.4) is 0 Å². The van der Waals surface area contributed by atoms with Crippen LogP contribution < -0.4 is 16.0 Å². The molecule has 2 heterocycles. The number of amides is 5. The van der Waals surface area contributed by atoms with Gasteiger partial charge in [0.1, 0.15) is 6.04 Å². The van der Waals surface area contributed by atoms with E-state index in [4.69, 9.17) is 14.2 Å². The fraction of sp³-hybridized carbons (Fsp3) is 0.697. The van der Waals surface area contributed by atoms with E-state index >= 15 is 0 Å². The summed E-state index contributed by atoms with van der Waals surface area (Å²) in [5, 5.41) is 7.89. The molecule has 19 nitrogen and oxygen atoms in total. The lowest BCUT2D eigenvalue weighted by atomic mass is 9.98. The molecule has 0 saturated carbocycles. The molecule has 19 heteroatoms. The van der Waals surface area contributed by atoms with Crippen molar-refractivity contribution in [3.63, 3.8) is 0 Å².